The Hall–Kier alpha value is -1.61. The van der Waals surface area contributed by atoms with Crippen molar-refractivity contribution in [1.29, 1.82) is 0 Å². The maximum absolute atomic E-state index is 9.40. The summed E-state index contributed by atoms with van der Waals surface area (Å²) in [5, 5.41) is 10.5. The lowest BCUT2D eigenvalue weighted by Gasteiger charge is -2.02. The van der Waals surface area contributed by atoms with Gasteiger partial charge < -0.3 is 10.1 Å². The van der Waals surface area contributed by atoms with Crippen molar-refractivity contribution in [2.24, 2.45) is 0 Å². The number of aliphatic hydroxyl groups excluding tert-OH is 1. The number of aromatic nitrogens is 2. The Balaban J connectivity index is 2.49. The van der Waals surface area contributed by atoms with Crippen molar-refractivity contribution in [2.75, 3.05) is 0 Å². The molecule has 78 valence electrons. The zero-order valence-corrected chi connectivity index (χ0v) is 8.86. The summed E-state index contributed by atoms with van der Waals surface area (Å²) in [7, 11) is 0. The Kier molecular flexibility index (Phi) is 2.56. The van der Waals surface area contributed by atoms with Crippen LogP contribution in [0.25, 0.3) is 17.1 Å². The van der Waals surface area contributed by atoms with Gasteiger partial charge in [-0.25, -0.2) is 4.98 Å². The molecule has 3 heteroatoms. The summed E-state index contributed by atoms with van der Waals surface area (Å²) >= 11 is 0. The van der Waals surface area contributed by atoms with Crippen LogP contribution < -0.4 is 0 Å². The van der Waals surface area contributed by atoms with Crippen LogP contribution in [-0.4, -0.2) is 21.2 Å². The predicted molar refractivity (Wildman–Crippen MR) is 61.4 cm³/mol. The molecular weight excluding hydrogens is 188 g/mol. The van der Waals surface area contributed by atoms with Crippen LogP contribution in [0.4, 0.5) is 0 Å². The summed E-state index contributed by atoms with van der Waals surface area (Å²) in [5.74, 6) is 0. The van der Waals surface area contributed by atoms with Crippen LogP contribution in [-0.2, 0) is 0 Å². The standard InChI is InChI=1S/C12H14N2O/c1-8(9(2)15)6-10-7-14-12-11(10)4-3-5-13-12/h3-7,9,15H,1-2H3,(H,13,14)/b8-6+. The molecular formula is C12H14N2O. The summed E-state index contributed by atoms with van der Waals surface area (Å²) in [4.78, 5) is 7.30. The fourth-order valence-corrected chi connectivity index (χ4v) is 1.46. The molecule has 2 rings (SSSR count). The number of hydrogen-bond acceptors (Lipinski definition) is 2. The van der Waals surface area contributed by atoms with Gasteiger partial charge in [0.1, 0.15) is 5.65 Å². The van der Waals surface area contributed by atoms with Gasteiger partial charge >= 0.3 is 0 Å². The van der Waals surface area contributed by atoms with Crippen molar-refractivity contribution >= 4 is 17.1 Å². The molecule has 0 fully saturated rings. The highest BCUT2D eigenvalue weighted by molar-refractivity contribution is 5.86. The predicted octanol–water partition coefficient (Wildman–Crippen LogP) is 2.35. The maximum atomic E-state index is 9.40. The van der Waals surface area contributed by atoms with Gasteiger partial charge in [0.25, 0.3) is 0 Å². The average Bonchev–Trinajstić information content (AvgIpc) is 2.62. The first kappa shape index (κ1) is 9.93. The van der Waals surface area contributed by atoms with Crippen LogP contribution in [0, 0.1) is 0 Å². The minimum absolute atomic E-state index is 0.411. The fourth-order valence-electron chi connectivity index (χ4n) is 1.46. The van der Waals surface area contributed by atoms with Crippen LogP contribution >= 0.6 is 0 Å². The third kappa shape index (κ3) is 1.92. The van der Waals surface area contributed by atoms with E-state index in [9.17, 15) is 5.11 Å². The molecule has 0 aliphatic heterocycles. The van der Waals surface area contributed by atoms with E-state index in [1.54, 1.807) is 13.1 Å². The highest BCUT2D eigenvalue weighted by Crippen LogP contribution is 2.19. The quantitative estimate of drug-likeness (QED) is 0.785. The first-order valence-corrected chi connectivity index (χ1v) is 4.97. The second kappa shape index (κ2) is 3.87. The number of nitrogens with zero attached hydrogens (tertiary/aromatic N) is 1. The number of pyridine rings is 1. The monoisotopic (exact) mass is 202 g/mol. The van der Waals surface area contributed by atoms with Crippen LogP contribution in [0.1, 0.15) is 19.4 Å². The van der Waals surface area contributed by atoms with Crippen molar-refractivity contribution < 1.29 is 5.11 Å². The smallest absolute Gasteiger partial charge is 0.137 e. The van der Waals surface area contributed by atoms with Crippen LogP contribution in [0.5, 0.6) is 0 Å². The summed E-state index contributed by atoms with van der Waals surface area (Å²) < 4.78 is 0. The van der Waals surface area contributed by atoms with E-state index >= 15 is 0 Å². The largest absolute Gasteiger partial charge is 0.389 e. The van der Waals surface area contributed by atoms with Gasteiger partial charge in [-0.05, 0) is 31.6 Å². The highest BCUT2D eigenvalue weighted by Gasteiger charge is 2.03. The van der Waals surface area contributed by atoms with Crippen molar-refractivity contribution in [3.63, 3.8) is 0 Å². The number of nitrogens with one attached hydrogen (secondary N) is 1. The minimum atomic E-state index is -0.411. The van der Waals surface area contributed by atoms with Gasteiger partial charge in [-0.15, -0.1) is 0 Å². The number of aliphatic hydroxyl groups is 1. The van der Waals surface area contributed by atoms with Crippen molar-refractivity contribution in [1.82, 2.24) is 9.97 Å². The van der Waals surface area contributed by atoms with E-state index in [0.717, 1.165) is 22.2 Å². The molecule has 0 radical (unpaired) electrons. The van der Waals surface area contributed by atoms with Gasteiger partial charge in [0.05, 0.1) is 6.10 Å². The number of rotatable bonds is 2. The van der Waals surface area contributed by atoms with Gasteiger partial charge in [0.15, 0.2) is 0 Å². The Morgan fingerprint density at radius 3 is 3.13 bits per heavy atom. The fraction of sp³-hybridized carbons (Fsp3) is 0.250. The summed E-state index contributed by atoms with van der Waals surface area (Å²) in [6, 6.07) is 3.92. The molecule has 0 aliphatic carbocycles. The second-order valence-corrected chi connectivity index (χ2v) is 3.71. The molecule has 0 aromatic carbocycles. The Morgan fingerprint density at radius 1 is 1.60 bits per heavy atom. The van der Waals surface area contributed by atoms with E-state index in [1.165, 1.54) is 0 Å². The second-order valence-electron chi connectivity index (χ2n) is 3.71. The van der Waals surface area contributed by atoms with E-state index in [-0.39, 0.29) is 0 Å². The van der Waals surface area contributed by atoms with E-state index in [4.69, 9.17) is 0 Å². The lowest BCUT2D eigenvalue weighted by Crippen LogP contribution is -1.99. The Morgan fingerprint density at radius 2 is 2.40 bits per heavy atom. The molecule has 2 heterocycles. The van der Waals surface area contributed by atoms with Gasteiger partial charge in [0.2, 0.25) is 0 Å². The highest BCUT2D eigenvalue weighted by atomic mass is 16.3. The van der Waals surface area contributed by atoms with E-state index < -0.39 is 6.10 Å². The minimum Gasteiger partial charge on any atom is -0.389 e. The Bertz CT molecular complexity index is 497. The number of aromatic amines is 1. The first-order chi connectivity index (χ1) is 7.18. The zero-order valence-electron chi connectivity index (χ0n) is 8.86. The molecule has 2 N–H and O–H groups in total. The summed E-state index contributed by atoms with van der Waals surface area (Å²) in [6.07, 6.45) is 5.23. The molecule has 0 aliphatic rings. The molecule has 1 atom stereocenters. The van der Waals surface area contributed by atoms with E-state index in [0.29, 0.717) is 0 Å². The van der Waals surface area contributed by atoms with E-state index in [2.05, 4.69) is 9.97 Å². The number of H-pyrrole nitrogens is 1. The average molecular weight is 202 g/mol. The van der Waals surface area contributed by atoms with Gasteiger partial charge in [-0.2, -0.15) is 0 Å². The van der Waals surface area contributed by atoms with Gasteiger partial charge in [0, 0.05) is 23.3 Å². The summed E-state index contributed by atoms with van der Waals surface area (Å²) in [6.45, 7) is 3.68. The lowest BCUT2D eigenvalue weighted by molar-refractivity contribution is 0.232. The van der Waals surface area contributed by atoms with Crippen LogP contribution in [0.3, 0.4) is 0 Å². The third-order valence-electron chi connectivity index (χ3n) is 2.53. The first-order valence-electron chi connectivity index (χ1n) is 4.97. The van der Waals surface area contributed by atoms with Crippen molar-refractivity contribution in [3.8, 4) is 0 Å². The normalized spacial score (nSPS) is 14.5. The molecule has 0 amide bonds. The van der Waals surface area contributed by atoms with Gasteiger partial charge in [-0.3, -0.25) is 0 Å². The Labute approximate surface area is 88.5 Å². The SMILES string of the molecule is C/C(=C\c1c[nH]c2ncccc12)C(C)O. The zero-order chi connectivity index (χ0) is 10.8. The lowest BCUT2D eigenvalue weighted by atomic mass is 10.1. The number of fused-ring (bicyclic) bond motifs is 1. The molecule has 2 aromatic heterocycles. The molecule has 1 unspecified atom stereocenters. The molecule has 0 spiro atoms. The van der Waals surface area contributed by atoms with Crippen LogP contribution in [0.15, 0.2) is 30.1 Å². The van der Waals surface area contributed by atoms with Gasteiger partial charge in [-0.1, -0.05) is 6.08 Å². The van der Waals surface area contributed by atoms with Crippen LogP contribution in [0.2, 0.25) is 0 Å². The molecule has 0 bridgehead atoms. The molecule has 0 saturated carbocycles. The van der Waals surface area contributed by atoms with Crippen molar-refractivity contribution in [3.05, 3.63) is 35.7 Å². The molecule has 3 nitrogen and oxygen atoms in total. The number of hydrogen-bond donors (Lipinski definition) is 2. The maximum Gasteiger partial charge on any atom is 0.137 e. The third-order valence-corrected chi connectivity index (χ3v) is 2.53. The summed E-state index contributed by atoms with van der Waals surface area (Å²) in [5.41, 5.74) is 2.89. The topological polar surface area (TPSA) is 48.9 Å². The van der Waals surface area contributed by atoms with Crippen molar-refractivity contribution in [2.45, 2.75) is 20.0 Å². The van der Waals surface area contributed by atoms with E-state index in [1.807, 2.05) is 31.3 Å². The molecule has 0 saturated heterocycles. The molecule has 2 aromatic rings. The molecule has 15 heavy (non-hydrogen) atoms.